The number of benzene rings is 2. The molecule has 0 radical (unpaired) electrons. The number of carboxylic acids is 1. The molecule has 2 heterocycles. The molecule has 1 aliphatic heterocycles. The number of carbonyl (C=O) groups is 2. The number of nitrogens with zero attached hydrogens (tertiary/aromatic N) is 2. The van der Waals surface area contributed by atoms with Gasteiger partial charge in [0.1, 0.15) is 10.5 Å². The van der Waals surface area contributed by atoms with Crippen molar-refractivity contribution in [2.45, 2.75) is 23.1 Å². The molecule has 0 bridgehead atoms. The zero-order chi connectivity index (χ0) is 20.0. The number of anilines is 1. The van der Waals surface area contributed by atoms with Crippen molar-refractivity contribution in [3.8, 4) is 0 Å². The first-order valence-electron chi connectivity index (χ1n) is 8.07. The minimum Gasteiger partial charge on any atom is -0.481 e. The number of aromatic nitrogens is 1. The SMILES string of the molecule is O=C(O)CC1Sc2c(Cl)cccc2N(Cc2nc3c(F)c(F)ccc3s2)C1=O. The van der Waals surface area contributed by atoms with Crippen molar-refractivity contribution in [2.24, 2.45) is 0 Å². The van der Waals surface area contributed by atoms with E-state index < -0.39 is 28.8 Å². The normalized spacial score (nSPS) is 16.5. The third-order valence-corrected chi connectivity index (χ3v) is 6.94. The second-order valence-corrected chi connectivity index (χ2v) is 8.77. The molecule has 1 aliphatic rings. The van der Waals surface area contributed by atoms with E-state index in [-0.39, 0.29) is 18.5 Å². The Balaban J connectivity index is 1.75. The van der Waals surface area contributed by atoms with Crippen molar-refractivity contribution in [1.29, 1.82) is 0 Å². The lowest BCUT2D eigenvalue weighted by Gasteiger charge is -2.33. The standard InChI is InChI=1S/C18H11ClF2N2O3S2/c19-8-2-1-3-10-17(8)28-12(6-14(24)25)18(26)23(10)7-13-22-16-11(27-13)5-4-9(20)15(16)21/h1-5,12H,6-7H2,(H,24,25). The predicted molar refractivity (Wildman–Crippen MR) is 104 cm³/mol. The maximum Gasteiger partial charge on any atom is 0.305 e. The van der Waals surface area contributed by atoms with E-state index in [0.29, 0.717) is 25.3 Å². The molecule has 0 fully saturated rings. The third kappa shape index (κ3) is 3.34. The van der Waals surface area contributed by atoms with Crippen molar-refractivity contribution in [2.75, 3.05) is 4.90 Å². The Bertz CT molecular complexity index is 1120. The number of hydrogen-bond donors (Lipinski definition) is 1. The van der Waals surface area contributed by atoms with Crippen molar-refractivity contribution in [3.63, 3.8) is 0 Å². The Morgan fingerprint density at radius 2 is 2.07 bits per heavy atom. The second kappa shape index (κ2) is 7.31. The van der Waals surface area contributed by atoms with Gasteiger partial charge in [0.05, 0.1) is 38.5 Å². The first kappa shape index (κ1) is 19.1. The quantitative estimate of drug-likeness (QED) is 0.636. The molecule has 5 nitrogen and oxygen atoms in total. The van der Waals surface area contributed by atoms with Crippen molar-refractivity contribution in [3.05, 3.63) is 52.0 Å². The highest BCUT2D eigenvalue weighted by molar-refractivity contribution is 8.01. The average Bonchev–Trinajstić information content (AvgIpc) is 3.06. The number of thiazole rings is 1. The third-order valence-electron chi connectivity index (χ3n) is 4.19. The van der Waals surface area contributed by atoms with Gasteiger partial charge in [-0.25, -0.2) is 13.8 Å². The van der Waals surface area contributed by atoms with Gasteiger partial charge in [0, 0.05) is 0 Å². The van der Waals surface area contributed by atoms with E-state index in [1.165, 1.54) is 11.0 Å². The molecule has 1 aromatic heterocycles. The predicted octanol–water partition coefficient (Wildman–Crippen LogP) is 4.71. The van der Waals surface area contributed by atoms with Crippen LogP contribution in [0.1, 0.15) is 11.4 Å². The summed E-state index contributed by atoms with van der Waals surface area (Å²) in [5.74, 6) is -3.52. The minimum atomic E-state index is -1.10. The van der Waals surface area contributed by atoms with Crippen LogP contribution in [0.2, 0.25) is 5.02 Å². The monoisotopic (exact) mass is 440 g/mol. The van der Waals surface area contributed by atoms with Crippen LogP contribution in [-0.2, 0) is 16.1 Å². The summed E-state index contributed by atoms with van der Waals surface area (Å²) < 4.78 is 27.9. The maximum absolute atomic E-state index is 14.0. The Hall–Kier alpha value is -2.23. The molecule has 0 saturated heterocycles. The molecule has 10 heteroatoms. The molecule has 0 saturated carbocycles. The number of amides is 1. The van der Waals surface area contributed by atoms with Gasteiger partial charge in [-0.05, 0) is 24.3 Å². The number of carboxylic acid groups (broad SMARTS) is 1. The summed E-state index contributed by atoms with van der Waals surface area (Å²) in [6, 6.07) is 7.51. The van der Waals surface area contributed by atoms with Gasteiger partial charge < -0.3 is 10.0 Å². The van der Waals surface area contributed by atoms with Crippen LogP contribution in [0, 0.1) is 11.6 Å². The molecule has 1 N–H and O–H groups in total. The Labute approximate surface area is 170 Å². The molecule has 1 atom stereocenters. The highest BCUT2D eigenvalue weighted by Crippen LogP contribution is 2.45. The van der Waals surface area contributed by atoms with Crippen LogP contribution in [0.5, 0.6) is 0 Å². The number of fused-ring (bicyclic) bond motifs is 2. The summed E-state index contributed by atoms with van der Waals surface area (Å²) in [7, 11) is 0. The van der Waals surface area contributed by atoms with Crippen molar-refractivity contribution >= 4 is 62.5 Å². The lowest BCUT2D eigenvalue weighted by atomic mass is 10.2. The van der Waals surface area contributed by atoms with E-state index >= 15 is 0 Å². The first-order valence-corrected chi connectivity index (χ1v) is 10.1. The van der Waals surface area contributed by atoms with Gasteiger partial charge in [-0.2, -0.15) is 0 Å². The average molecular weight is 441 g/mol. The molecule has 1 amide bonds. The lowest BCUT2D eigenvalue weighted by Crippen LogP contribution is -2.41. The zero-order valence-electron chi connectivity index (χ0n) is 14.0. The van der Waals surface area contributed by atoms with E-state index in [2.05, 4.69) is 4.98 Å². The Morgan fingerprint density at radius 1 is 1.29 bits per heavy atom. The summed E-state index contributed by atoms with van der Waals surface area (Å²) in [5, 5.41) is 9.10. The van der Waals surface area contributed by atoms with Crippen LogP contribution in [0.4, 0.5) is 14.5 Å². The molecular formula is C18H11ClF2N2O3S2. The van der Waals surface area contributed by atoms with Crippen LogP contribution in [0.25, 0.3) is 10.2 Å². The number of rotatable bonds is 4. The van der Waals surface area contributed by atoms with Gasteiger partial charge in [0.15, 0.2) is 11.6 Å². The minimum absolute atomic E-state index is 0.00323. The van der Waals surface area contributed by atoms with Gasteiger partial charge >= 0.3 is 5.97 Å². The van der Waals surface area contributed by atoms with Crippen LogP contribution >= 0.6 is 34.7 Å². The van der Waals surface area contributed by atoms with Crippen molar-refractivity contribution < 1.29 is 23.5 Å². The number of hydrogen-bond acceptors (Lipinski definition) is 5. The molecule has 2 aromatic carbocycles. The maximum atomic E-state index is 14.0. The van der Waals surface area contributed by atoms with Crippen LogP contribution < -0.4 is 4.90 Å². The van der Waals surface area contributed by atoms with E-state index in [0.717, 1.165) is 29.2 Å². The summed E-state index contributed by atoms with van der Waals surface area (Å²) in [4.78, 5) is 30.2. The van der Waals surface area contributed by atoms with Crippen molar-refractivity contribution in [1.82, 2.24) is 4.98 Å². The topological polar surface area (TPSA) is 70.5 Å². The van der Waals surface area contributed by atoms with E-state index in [1.54, 1.807) is 18.2 Å². The van der Waals surface area contributed by atoms with Gasteiger partial charge in [-0.1, -0.05) is 17.7 Å². The number of carbonyl (C=O) groups excluding carboxylic acids is 1. The number of thioether (sulfide) groups is 1. The summed E-state index contributed by atoms with van der Waals surface area (Å²) in [5.41, 5.74) is 0.447. The van der Waals surface area contributed by atoms with E-state index in [1.807, 2.05) is 0 Å². The van der Waals surface area contributed by atoms with Crippen LogP contribution in [-0.4, -0.2) is 27.2 Å². The molecule has 0 spiro atoms. The number of halogens is 3. The smallest absolute Gasteiger partial charge is 0.305 e. The molecule has 3 aromatic rings. The molecular weight excluding hydrogens is 430 g/mol. The van der Waals surface area contributed by atoms with E-state index in [4.69, 9.17) is 16.7 Å². The second-order valence-electron chi connectivity index (χ2n) is 6.03. The Morgan fingerprint density at radius 3 is 2.82 bits per heavy atom. The van der Waals surface area contributed by atoms with Crippen LogP contribution in [0.15, 0.2) is 35.2 Å². The number of aliphatic carboxylic acids is 1. The molecule has 1 unspecified atom stereocenters. The highest BCUT2D eigenvalue weighted by Gasteiger charge is 2.36. The molecule has 144 valence electrons. The highest BCUT2D eigenvalue weighted by atomic mass is 35.5. The van der Waals surface area contributed by atoms with Gasteiger partial charge in [0.25, 0.3) is 0 Å². The summed E-state index contributed by atoms with van der Waals surface area (Å²) in [6.07, 6.45) is -0.357. The first-order chi connectivity index (χ1) is 13.3. The fourth-order valence-corrected chi connectivity index (χ4v) is 5.42. The fraction of sp³-hybridized carbons (Fsp3) is 0.167. The van der Waals surface area contributed by atoms with Gasteiger partial charge in [-0.15, -0.1) is 23.1 Å². The van der Waals surface area contributed by atoms with Crippen LogP contribution in [0.3, 0.4) is 0 Å². The van der Waals surface area contributed by atoms with Gasteiger partial charge in [0.2, 0.25) is 5.91 Å². The van der Waals surface area contributed by atoms with E-state index in [9.17, 15) is 18.4 Å². The molecule has 28 heavy (non-hydrogen) atoms. The van der Waals surface area contributed by atoms with Gasteiger partial charge in [-0.3, -0.25) is 9.59 Å². The Kier molecular flexibility index (Phi) is 4.98. The lowest BCUT2D eigenvalue weighted by molar-refractivity contribution is -0.138. The molecule has 0 aliphatic carbocycles. The summed E-state index contributed by atoms with van der Waals surface area (Å²) >= 11 is 8.51. The summed E-state index contributed by atoms with van der Waals surface area (Å²) in [6.45, 7) is 0.00323. The largest absolute Gasteiger partial charge is 0.481 e. The fourth-order valence-electron chi connectivity index (χ4n) is 2.95. The molecule has 4 rings (SSSR count). The zero-order valence-corrected chi connectivity index (χ0v) is 16.4.